The van der Waals surface area contributed by atoms with Gasteiger partial charge in [0.15, 0.2) is 0 Å². The van der Waals surface area contributed by atoms with E-state index in [4.69, 9.17) is 0 Å². The number of carbonyl (C=O) groups is 1. The number of benzene rings is 2. The van der Waals surface area contributed by atoms with E-state index in [9.17, 15) is 4.79 Å². The van der Waals surface area contributed by atoms with Gasteiger partial charge in [0.1, 0.15) is 0 Å². The Hall–Kier alpha value is -1.52. The van der Waals surface area contributed by atoms with Crippen LogP contribution in [0, 0.1) is 0 Å². The molecular formula is C18H18BrNOS. The molecule has 0 fully saturated rings. The molecule has 0 spiro atoms. The molecule has 4 heteroatoms. The first-order valence-electron chi connectivity index (χ1n) is 7.08. The van der Waals surface area contributed by atoms with Gasteiger partial charge in [0.25, 0.3) is 0 Å². The van der Waals surface area contributed by atoms with E-state index in [0.717, 1.165) is 21.5 Å². The van der Waals surface area contributed by atoms with E-state index in [1.54, 1.807) is 6.08 Å². The molecule has 0 aliphatic carbocycles. The molecular weight excluding hydrogens is 358 g/mol. The predicted molar refractivity (Wildman–Crippen MR) is 98.8 cm³/mol. The number of thioether (sulfide) groups is 1. The molecule has 2 aromatic carbocycles. The summed E-state index contributed by atoms with van der Waals surface area (Å²) in [5.74, 6) is 1.82. The van der Waals surface area contributed by atoms with Crippen LogP contribution in [0.5, 0.6) is 0 Å². The average Bonchev–Trinajstić information content (AvgIpc) is 2.55. The quantitative estimate of drug-likeness (QED) is 0.569. The van der Waals surface area contributed by atoms with Crippen molar-refractivity contribution in [2.45, 2.75) is 5.75 Å². The van der Waals surface area contributed by atoms with Crippen molar-refractivity contribution in [3.05, 3.63) is 76.3 Å². The van der Waals surface area contributed by atoms with Crippen molar-refractivity contribution in [3.8, 4) is 0 Å². The zero-order valence-electron chi connectivity index (χ0n) is 12.2. The van der Waals surface area contributed by atoms with Crippen molar-refractivity contribution >= 4 is 39.7 Å². The molecule has 0 heterocycles. The van der Waals surface area contributed by atoms with Crippen molar-refractivity contribution < 1.29 is 4.79 Å². The summed E-state index contributed by atoms with van der Waals surface area (Å²) in [4.78, 5) is 11.7. The number of hydrogen-bond donors (Lipinski definition) is 1. The minimum Gasteiger partial charge on any atom is -0.352 e. The van der Waals surface area contributed by atoms with E-state index >= 15 is 0 Å². The third-order valence-electron chi connectivity index (χ3n) is 2.98. The number of halogens is 1. The Morgan fingerprint density at radius 1 is 1.09 bits per heavy atom. The smallest absolute Gasteiger partial charge is 0.244 e. The lowest BCUT2D eigenvalue weighted by Crippen LogP contribution is -2.23. The minimum absolute atomic E-state index is 0.0592. The second-order valence-electron chi connectivity index (χ2n) is 4.68. The van der Waals surface area contributed by atoms with Gasteiger partial charge in [0, 0.05) is 28.6 Å². The number of amides is 1. The van der Waals surface area contributed by atoms with Gasteiger partial charge in [0.05, 0.1) is 0 Å². The van der Waals surface area contributed by atoms with Crippen LogP contribution in [0.2, 0.25) is 0 Å². The molecule has 2 nitrogen and oxygen atoms in total. The average molecular weight is 376 g/mol. The zero-order chi connectivity index (χ0) is 15.6. The fraction of sp³-hybridized carbons (Fsp3) is 0.167. The van der Waals surface area contributed by atoms with Crippen LogP contribution in [-0.4, -0.2) is 18.2 Å². The maximum absolute atomic E-state index is 11.7. The molecule has 0 aliphatic rings. The summed E-state index contributed by atoms with van der Waals surface area (Å²) in [7, 11) is 0. The van der Waals surface area contributed by atoms with Gasteiger partial charge in [-0.1, -0.05) is 64.5 Å². The van der Waals surface area contributed by atoms with Crippen LogP contribution in [0.15, 0.2) is 65.1 Å². The number of rotatable bonds is 7. The van der Waals surface area contributed by atoms with Crippen molar-refractivity contribution in [2.75, 3.05) is 12.3 Å². The third-order valence-corrected chi connectivity index (χ3v) is 4.73. The molecule has 2 aromatic rings. The molecule has 114 valence electrons. The lowest BCUT2D eigenvalue weighted by atomic mass is 10.2. The highest BCUT2D eigenvalue weighted by Crippen LogP contribution is 2.17. The SMILES string of the molecule is O=C(/C=C/c1ccccc1Br)NCCSCc1ccccc1. The highest BCUT2D eigenvalue weighted by molar-refractivity contribution is 9.10. The van der Waals surface area contributed by atoms with Gasteiger partial charge < -0.3 is 5.32 Å². The van der Waals surface area contributed by atoms with Gasteiger partial charge in [-0.3, -0.25) is 4.79 Å². The van der Waals surface area contributed by atoms with Gasteiger partial charge in [-0.05, 0) is 23.3 Å². The van der Waals surface area contributed by atoms with Crippen LogP contribution in [0.3, 0.4) is 0 Å². The fourth-order valence-corrected chi connectivity index (χ4v) is 3.08. The van der Waals surface area contributed by atoms with Gasteiger partial charge in [-0.15, -0.1) is 0 Å². The highest BCUT2D eigenvalue weighted by atomic mass is 79.9. The summed E-state index contributed by atoms with van der Waals surface area (Å²) in [5, 5.41) is 2.90. The first kappa shape index (κ1) is 16.8. The molecule has 0 bridgehead atoms. The van der Waals surface area contributed by atoms with Crippen molar-refractivity contribution in [3.63, 3.8) is 0 Å². The molecule has 0 atom stereocenters. The van der Waals surface area contributed by atoms with Gasteiger partial charge in [0.2, 0.25) is 5.91 Å². The Balaban J connectivity index is 1.65. The minimum atomic E-state index is -0.0592. The summed E-state index contributed by atoms with van der Waals surface area (Å²) >= 11 is 5.27. The molecule has 1 N–H and O–H groups in total. The highest BCUT2D eigenvalue weighted by Gasteiger charge is 1.98. The third kappa shape index (κ3) is 6.08. The monoisotopic (exact) mass is 375 g/mol. The molecule has 1 amide bonds. The Morgan fingerprint density at radius 2 is 1.82 bits per heavy atom. The standard InChI is InChI=1S/C18H18BrNOS/c19-17-9-5-4-8-16(17)10-11-18(21)20-12-13-22-14-15-6-2-1-3-7-15/h1-11H,12-14H2,(H,20,21)/b11-10+. The van der Waals surface area contributed by atoms with Crippen LogP contribution in [0.1, 0.15) is 11.1 Å². The van der Waals surface area contributed by atoms with Gasteiger partial charge in [-0.2, -0.15) is 11.8 Å². The van der Waals surface area contributed by atoms with Crippen LogP contribution < -0.4 is 5.32 Å². The van der Waals surface area contributed by atoms with E-state index in [1.165, 1.54) is 5.56 Å². The molecule has 0 aliphatic heterocycles. The van der Waals surface area contributed by atoms with E-state index in [2.05, 4.69) is 33.4 Å². The Kier molecular flexibility index (Phi) is 7.26. The maximum Gasteiger partial charge on any atom is 0.244 e. The molecule has 0 radical (unpaired) electrons. The zero-order valence-corrected chi connectivity index (χ0v) is 14.6. The van der Waals surface area contributed by atoms with E-state index in [0.29, 0.717) is 6.54 Å². The van der Waals surface area contributed by atoms with Crippen LogP contribution in [-0.2, 0) is 10.5 Å². The maximum atomic E-state index is 11.7. The molecule has 22 heavy (non-hydrogen) atoms. The normalized spacial score (nSPS) is 10.8. The van der Waals surface area contributed by atoms with Crippen molar-refractivity contribution in [1.29, 1.82) is 0 Å². The van der Waals surface area contributed by atoms with Gasteiger partial charge in [-0.25, -0.2) is 0 Å². The number of hydrogen-bond acceptors (Lipinski definition) is 2. The van der Waals surface area contributed by atoms with Crippen LogP contribution in [0.4, 0.5) is 0 Å². The summed E-state index contributed by atoms with van der Waals surface area (Å²) in [6.07, 6.45) is 3.39. The first-order valence-corrected chi connectivity index (χ1v) is 9.02. The summed E-state index contributed by atoms with van der Waals surface area (Å²) in [6.45, 7) is 0.677. The Labute approximate surface area is 144 Å². The second kappa shape index (κ2) is 9.49. The largest absolute Gasteiger partial charge is 0.352 e. The molecule has 0 saturated carbocycles. The Bertz CT molecular complexity index is 628. The van der Waals surface area contributed by atoms with Gasteiger partial charge >= 0.3 is 0 Å². The van der Waals surface area contributed by atoms with Crippen LogP contribution >= 0.6 is 27.7 Å². The summed E-state index contributed by atoms with van der Waals surface area (Å²) in [5.41, 5.74) is 2.31. The van der Waals surface area contributed by atoms with Crippen molar-refractivity contribution in [1.82, 2.24) is 5.32 Å². The molecule has 2 rings (SSSR count). The Morgan fingerprint density at radius 3 is 2.59 bits per heavy atom. The number of carbonyl (C=O) groups excluding carboxylic acids is 1. The number of nitrogens with one attached hydrogen (secondary N) is 1. The molecule has 0 saturated heterocycles. The lowest BCUT2D eigenvalue weighted by molar-refractivity contribution is -0.116. The van der Waals surface area contributed by atoms with E-state index in [-0.39, 0.29) is 5.91 Å². The second-order valence-corrected chi connectivity index (χ2v) is 6.64. The summed E-state index contributed by atoms with van der Waals surface area (Å²) < 4.78 is 0.984. The van der Waals surface area contributed by atoms with Crippen molar-refractivity contribution in [2.24, 2.45) is 0 Å². The predicted octanol–water partition coefficient (Wildman–Crippen LogP) is 4.51. The van der Waals surface area contributed by atoms with E-state index in [1.807, 2.05) is 60.3 Å². The fourth-order valence-electron chi connectivity index (χ4n) is 1.85. The first-order chi connectivity index (χ1) is 10.8. The summed E-state index contributed by atoms with van der Waals surface area (Å²) in [6, 6.07) is 18.2. The topological polar surface area (TPSA) is 29.1 Å². The van der Waals surface area contributed by atoms with E-state index < -0.39 is 0 Å². The van der Waals surface area contributed by atoms with Crippen LogP contribution in [0.25, 0.3) is 6.08 Å². The molecule has 0 unspecified atom stereocenters. The lowest BCUT2D eigenvalue weighted by Gasteiger charge is -2.03. The molecule has 0 aromatic heterocycles.